The van der Waals surface area contributed by atoms with Gasteiger partial charge in [0.25, 0.3) is 0 Å². The van der Waals surface area contributed by atoms with Crippen LogP contribution in [0.25, 0.3) is 33.1 Å². The molecule has 0 atom stereocenters. The number of fused-ring (bicyclic) bond motifs is 3. The van der Waals surface area contributed by atoms with Gasteiger partial charge in [-0.3, -0.25) is 0 Å². The zero-order valence-electron chi connectivity index (χ0n) is 18.1. The van der Waals surface area contributed by atoms with Crippen molar-refractivity contribution in [2.75, 3.05) is 0 Å². The van der Waals surface area contributed by atoms with Gasteiger partial charge < -0.3 is 8.60 Å². The first-order valence-corrected chi connectivity index (χ1v) is 11.3. The number of rotatable bonds is 3. The molecule has 0 spiro atoms. The summed E-state index contributed by atoms with van der Waals surface area (Å²) in [4.78, 5) is 0. The van der Waals surface area contributed by atoms with Crippen LogP contribution in [0.4, 0.5) is 13.2 Å². The zero-order valence-corrected chi connectivity index (χ0v) is 19.0. The van der Waals surface area contributed by atoms with Crippen molar-refractivity contribution in [1.29, 1.82) is 0 Å². The van der Waals surface area contributed by atoms with Gasteiger partial charge >= 0.3 is 15.6 Å². The Bertz CT molecular complexity index is 1480. The Morgan fingerprint density at radius 2 is 1.38 bits per heavy atom. The van der Waals surface area contributed by atoms with Gasteiger partial charge in [0.1, 0.15) is 50.4 Å². The van der Waals surface area contributed by atoms with E-state index < -0.39 is 21.4 Å². The molecule has 0 unspecified atom stereocenters. The summed E-state index contributed by atoms with van der Waals surface area (Å²) in [6.45, 7) is 0. The van der Waals surface area contributed by atoms with Crippen LogP contribution >= 0.6 is 0 Å². The molecule has 1 aromatic heterocycles. The molecule has 1 heterocycles. The molecule has 3 aromatic carbocycles. The Hall–Kier alpha value is -2.68. The first-order valence-electron chi connectivity index (χ1n) is 9.87. The summed E-state index contributed by atoms with van der Waals surface area (Å²) in [6.07, 6.45) is 0. The van der Waals surface area contributed by atoms with E-state index >= 15 is 0 Å². The molecule has 0 saturated carbocycles. The number of hydrogen-bond acceptors (Lipinski definition) is 4. The predicted molar refractivity (Wildman–Crippen MR) is 136 cm³/mol. The summed E-state index contributed by atoms with van der Waals surface area (Å²) in [5.74, 6) is -0.430. The van der Waals surface area contributed by atoms with Gasteiger partial charge in [-0.25, -0.2) is 0 Å². The fourth-order valence-corrected chi connectivity index (χ4v) is 4.62. The Morgan fingerprint density at radius 3 is 1.97 bits per heavy atom. The first kappa shape index (κ1) is 22.5. The predicted octanol–water partition coefficient (Wildman–Crippen LogP) is -3.23. The van der Waals surface area contributed by atoms with Gasteiger partial charge in [-0.05, 0) is 17.7 Å². The zero-order chi connectivity index (χ0) is 23.6. The smallest absolute Gasteiger partial charge is 0.455 e. The molecule has 0 N–H and O–H groups in total. The third kappa shape index (κ3) is 3.34. The van der Waals surface area contributed by atoms with Gasteiger partial charge in [-0.2, -0.15) is 21.6 Å². The molecule has 0 aliphatic rings. The van der Waals surface area contributed by atoms with E-state index in [0.717, 1.165) is 33.0 Å². The molecule has 4 aromatic rings. The largest absolute Gasteiger partial charge is 0.534 e. The molecule has 158 valence electrons. The van der Waals surface area contributed by atoms with Crippen LogP contribution in [0.5, 0.6) is 5.75 Å². The van der Waals surface area contributed by atoms with Crippen LogP contribution in [0.1, 0.15) is 0 Å². The lowest BCUT2D eigenvalue weighted by atomic mass is 9.59. The average Bonchev–Trinajstić information content (AvgIpc) is 3.10. The number of furan rings is 1. The van der Waals surface area contributed by atoms with E-state index in [1.165, 1.54) is 17.6 Å². The number of halogens is 3. The van der Waals surface area contributed by atoms with E-state index in [-0.39, 0.29) is 11.0 Å². The number of alkyl halides is 3. The second-order valence-electron chi connectivity index (χ2n) is 7.90. The fourth-order valence-electron chi connectivity index (χ4n) is 4.15. The van der Waals surface area contributed by atoms with Crippen molar-refractivity contribution < 1.29 is 30.2 Å². The topological polar surface area (TPSA) is 56.5 Å². The molecule has 4 rings (SSSR count). The minimum atomic E-state index is -5.82. The molecular formula is C19H16B5F3O4S. The van der Waals surface area contributed by atoms with Crippen molar-refractivity contribution in [2.24, 2.45) is 0 Å². The summed E-state index contributed by atoms with van der Waals surface area (Å²) in [5.41, 5.74) is 2.58. The van der Waals surface area contributed by atoms with Crippen LogP contribution < -0.4 is 31.5 Å². The van der Waals surface area contributed by atoms with Crippen molar-refractivity contribution in [3.63, 3.8) is 0 Å². The van der Waals surface area contributed by atoms with Gasteiger partial charge in [0.2, 0.25) is 0 Å². The van der Waals surface area contributed by atoms with Crippen molar-refractivity contribution in [2.45, 2.75) is 5.51 Å². The van der Waals surface area contributed by atoms with Gasteiger partial charge in [0, 0.05) is 10.9 Å². The lowest BCUT2D eigenvalue weighted by Crippen LogP contribution is -2.55. The Kier molecular flexibility index (Phi) is 5.23. The standard InChI is InChI=1S/C19H16B5F3O4S/c20-13-12(14(21)16(23)17(24)15(13)22)8-4-1-3-7-11-9(30-18(7)8)5-2-6-10(11)31-32(28,29)19(25,26)27/h1-6H,20-24H2. The fraction of sp³-hybridized carbons (Fsp3) is 0.0526. The monoisotopic (exact) mass is 452 g/mol. The van der Waals surface area contributed by atoms with Gasteiger partial charge in [0.05, 0.1) is 5.39 Å². The van der Waals surface area contributed by atoms with Crippen molar-refractivity contribution in [3.05, 3.63) is 36.4 Å². The quantitative estimate of drug-likeness (QED) is 0.187. The van der Waals surface area contributed by atoms with Gasteiger partial charge in [-0.1, -0.05) is 35.2 Å². The molecule has 0 amide bonds. The Morgan fingerprint density at radius 1 is 0.812 bits per heavy atom. The minimum Gasteiger partial charge on any atom is -0.455 e. The molecule has 32 heavy (non-hydrogen) atoms. The third-order valence-corrected chi connectivity index (χ3v) is 7.20. The first-order chi connectivity index (χ1) is 14.8. The van der Waals surface area contributed by atoms with Crippen molar-refractivity contribution in [3.8, 4) is 16.9 Å². The molecule has 0 radical (unpaired) electrons. The van der Waals surface area contributed by atoms with Crippen LogP contribution in [0, 0.1) is 0 Å². The maximum Gasteiger partial charge on any atom is 0.534 e. The van der Waals surface area contributed by atoms with E-state index in [0.29, 0.717) is 11.0 Å². The normalized spacial score (nSPS) is 12.5. The molecule has 0 fully saturated rings. The minimum absolute atomic E-state index is 0.174. The lowest BCUT2D eigenvalue weighted by Gasteiger charge is -2.20. The van der Waals surface area contributed by atoms with E-state index in [9.17, 15) is 21.6 Å². The van der Waals surface area contributed by atoms with Crippen molar-refractivity contribution in [1.82, 2.24) is 0 Å². The lowest BCUT2D eigenvalue weighted by molar-refractivity contribution is -0.0499. The number of benzene rings is 3. The average molecular weight is 451 g/mol. The summed E-state index contributed by atoms with van der Waals surface area (Å²) >= 11 is 0. The number of hydrogen-bond donors (Lipinski definition) is 0. The second-order valence-corrected chi connectivity index (χ2v) is 9.43. The molecule has 0 aliphatic carbocycles. The molecule has 0 saturated heterocycles. The van der Waals surface area contributed by atoms with E-state index in [2.05, 4.69) is 12.0 Å². The highest BCUT2D eigenvalue weighted by atomic mass is 32.2. The van der Waals surface area contributed by atoms with Crippen LogP contribution in [-0.4, -0.2) is 53.2 Å². The van der Waals surface area contributed by atoms with Crippen LogP contribution in [-0.2, 0) is 10.1 Å². The van der Waals surface area contributed by atoms with E-state index in [1.807, 2.05) is 37.5 Å². The maximum atomic E-state index is 12.9. The summed E-state index contributed by atoms with van der Waals surface area (Å²) in [6, 6.07) is 9.48. The number of para-hydroxylation sites is 1. The molecule has 0 bridgehead atoms. The SMILES string of the molecule is Bc1c(B)c(B)c(-c2cccc3c2oc2cccc(OS(=O)(=O)C(F)(F)F)c23)c(B)c1B. The highest BCUT2D eigenvalue weighted by Crippen LogP contribution is 2.40. The molecule has 13 heteroatoms. The molecule has 0 aliphatic heterocycles. The van der Waals surface area contributed by atoms with Crippen LogP contribution in [0.2, 0.25) is 0 Å². The summed E-state index contributed by atoms with van der Waals surface area (Å²) in [5, 5.41) is 0.646. The Labute approximate surface area is 187 Å². The van der Waals surface area contributed by atoms with E-state index in [1.54, 1.807) is 18.2 Å². The highest BCUT2D eigenvalue weighted by molar-refractivity contribution is 7.88. The maximum absolute atomic E-state index is 12.9. The molecule has 4 nitrogen and oxygen atoms in total. The van der Waals surface area contributed by atoms with Crippen LogP contribution in [0.15, 0.2) is 40.8 Å². The molecular weight excluding hydrogens is 435 g/mol. The second kappa shape index (κ2) is 7.44. The summed E-state index contributed by atoms with van der Waals surface area (Å²) in [7, 11) is 4.39. The summed E-state index contributed by atoms with van der Waals surface area (Å²) < 4.78 is 72.5. The van der Waals surface area contributed by atoms with Gasteiger partial charge in [-0.15, -0.1) is 16.4 Å². The van der Waals surface area contributed by atoms with Crippen LogP contribution in [0.3, 0.4) is 0 Å². The van der Waals surface area contributed by atoms with E-state index in [4.69, 9.17) is 4.42 Å². The van der Waals surface area contributed by atoms with Crippen molar-refractivity contribution >= 4 is 98.6 Å². The Balaban J connectivity index is 2.04. The highest BCUT2D eigenvalue weighted by Gasteiger charge is 2.48. The third-order valence-electron chi connectivity index (χ3n) is 6.24. The van der Waals surface area contributed by atoms with Gasteiger partial charge in [0.15, 0.2) is 5.75 Å².